The lowest BCUT2D eigenvalue weighted by atomic mass is 10.1. The maximum absolute atomic E-state index is 13.1. The highest BCUT2D eigenvalue weighted by Gasteiger charge is 2.22. The first-order valence-electron chi connectivity index (χ1n) is 10.1. The van der Waals surface area contributed by atoms with E-state index in [1.54, 1.807) is 22.9 Å². The number of nitrogens with zero attached hydrogens (tertiary/aromatic N) is 2. The van der Waals surface area contributed by atoms with E-state index in [1.807, 2.05) is 43.4 Å². The van der Waals surface area contributed by atoms with Crippen LogP contribution < -0.4 is 4.90 Å². The molecular weight excluding hydrogens is 396 g/mol. The summed E-state index contributed by atoms with van der Waals surface area (Å²) in [6.07, 6.45) is 1.60. The Labute approximate surface area is 181 Å². The molecule has 1 fully saturated rings. The summed E-state index contributed by atoms with van der Waals surface area (Å²) in [5, 5.41) is 0. The largest absolute Gasteiger partial charge is 0.459 e. The molecule has 1 aliphatic heterocycles. The molecule has 0 bridgehead atoms. The molecule has 2 heterocycles. The Morgan fingerprint density at radius 1 is 1.00 bits per heavy atom. The second-order valence-corrected chi connectivity index (χ2v) is 8.31. The summed E-state index contributed by atoms with van der Waals surface area (Å²) in [7, 11) is 1.83. The van der Waals surface area contributed by atoms with Gasteiger partial charge in [0.05, 0.1) is 19.5 Å². The van der Waals surface area contributed by atoms with Crippen LogP contribution in [0.15, 0.2) is 76.2 Å². The number of furan rings is 1. The van der Waals surface area contributed by atoms with Crippen molar-refractivity contribution in [3.05, 3.63) is 83.8 Å². The second-order valence-electron chi connectivity index (χ2n) is 7.27. The van der Waals surface area contributed by atoms with Gasteiger partial charge in [-0.1, -0.05) is 36.4 Å². The van der Waals surface area contributed by atoms with Gasteiger partial charge in [0, 0.05) is 48.6 Å². The molecular formula is C24H26N2O3S. The number of benzene rings is 2. The van der Waals surface area contributed by atoms with Crippen molar-refractivity contribution in [3.8, 4) is 0 Å². The van der Waals surface area contributed by atoms with Gasteiger partial charge in [-0.25, -0.2) is 0 Å². The number of amides is 1. The van der Waals surface area contributed by atoms with Gasteiger partial charge < -0.3 is 19.0 Å². The zero-order valence-corrected chi connectivity index (χ0v) is 17.9. The smallest absolute Gasteiger partial charge is 0.289 e. The fraction of sp³-hybridized carbons (Fsp3) is 0.292. The van der Waals surface area contributed by atoms with Gasteiger partial charge in [-0.2, -0.15) is 0 Å². The van der Waals surface area contributed by atoms with Crippen LogP contribution >= 0.6 is 11.8 Å². The van der Waals surface area contributed by atoms with Gasteiger partial charge in [0.2, 0.25) is 0 Å². The van der Waals surface area contributed by atoms with Crippen molar-refractivity contribution >= 4 is 23.4 Å². The standard InChI is InChI=1S/C24H26N2O3S/c1-25(17-19-7-5-6-10-22(19)26-12-15-28-16-13-26)24(27)23-20(11-14-29-23)18-30-21-8-3-2-4-9-21/h2-11,14H,12-13,15-18H2,1H3. The molecule has 4 rings (SSSR count). The number of hydrogen-bond acceptors (Lipinski definition) is 5. The van der Waals surface area contributed by atoms with E-state index in [9.17, 15) is 4.79 Å². The molecule has 0 unspecified atom stereocenters. The summed E-state index contributed by atoms with van der Waals surface area (Å²) in [5.41, 5.74) is 3.21. The van der Waals surface area contributed by atoms with Crippen LogP contribution in [0, 0.1) is 0 Å². The Hall–Kier alpha value is -2.70. The molecule has 0 radical (unpaired) electrons. The zero-order chi connectivity index (χ0) is 20.8. The monoisotopic (exact) mass is 422 g/mol. The first kappa shape index (κ1) is 20.6. The number of ether oxygens (including phenoxy) is 1. The molecule has 1 amide bonds. The van der Waals surface area contributed by atoms with E-state index in [0.29, 0.717) is 18.1 Å². The molecule has 0 saturated carbocycles. The Bertz CT molecular complexity index is 967. The van der Waals surface area contributed by atoms with Gasteiger partial charge in [0.25, 0.3) is 5.91 Å². The minimum Gasteiger partial charge on any atom is -0.459 e. The molecule has 0 N–H and O–H groups in total. The van der Waals surface area contributed by atoms with Crippen molar-refractivity contribution in [2.24, 2.45) is 0 Å². The van der Waals surface area contributed by atoms with Crippen LogP contribution in [0.3, 0.4) is 0 Å². The van der Waals surface area contributed by atoms with Crippen LogP contribution in [0.2, 0.25) is 0 Å². The number of morpholine rings is 1. The van der Waals surface area contributed by atoms with Crippen molar-refractivity contribution in [2.45, 2.75) is 17.2 Å². The lowest BCUT2D eigenvalue weighted by molar-refractivity contribution is 0.0752. The van der Waals surface area contributed by atoms with Crippen molar-refractivity contribution < 1.29 is 13.9 Å². The van der Waals surface area contributed by atoms with Gasteiger partial charge in [-0.05, 0) is 29.8 Å². The maximum atomic E-state index is 13.1. The quantitative estimate of drug-likeness (QED) is 0.517. The number of thioether (sulfide) groups is 1. The van der Waals surface area contributed by atoms with E-state index >= 15 is 0 Å². The van der Waals surface area contributed by atoms with Crippen molar-refractivity contribution in [3.63, 3.8) is 0 Å². The van der Waals surface area contributed by atoms with Gasteiger partial charge in [0.1, 0.15) is 0 Å². The summed E-state index contributed by atoms with van der Waals surface area (Å²) in [5.74, 6) is 1.02. The number of anilines is 1. The highest BCUT2D eigenvalue weighted by atomic mass is 32.2. The van der Waals surface area contributed by atoms with E-state index in [2.05, 4.69) is 29.2 Å². The average molecular weight is 423 g/mol. The Balaban J connectivity index is 1.44. The molecule has 5 nitrogen and oxygen atoms in total. The Kier molecular flexibility index (Phi) is 6.77. The average Bonchev–Trinajstić information content (AvgIpc) is 3.27. The summed E-state index contributed by atoms with van der Waals surface area (Å²) in [6.45, 7) is 3.73. The van der Waals surface area contributed by atoms with Crippen LogP contribution in [0.4, 0.5) is 5.69 Å². The van der Waals surface area contributed by atoms with Gasteiger partial charge in [0.15, 0.2) is 5.76 Å². The predicted molar refractivity (Wildman–Crippen MR) is 120 cm³/mol. The number of carbonyl (C=O) groups excluding carboxylic acids is 1. The SMILES string of the molecule is CN(Cc1ccccc1N1CCOCC1)C(=O)c1occc1CSc1ccccc1. The van der Waals surface area contributed by atoms with E-state index in [1.165, 1.54) is 10.6 Å². The molecule has 1 saturated heterocycles. The third-order valence-corrected chi connectivity index (χ3v) is 6.24. The normalized spacial score (nSPS) is 14.0. The van der Waals surface area contributed by atoms with Crippen molar-refractivity contribution in [1.29, 1.82) is 0 Å². The number of hydrogen-bond donors (Lipinski definition) is 0. The maximum Gasteiger partial charge on any atom is 0.289 e. The number of carbonyl (C=O) groups is 1. The van der Waals surface area contributed by atoms with Crippen LogP contribution in [-0.2, 0) is 17.0 Å². The van der Waals surface area contributed by atoms with Crippen LogP contribution in [-0.4, -0.2) is 44.2 Å². The molecule has 6 heteroatoms. The molecule has 156 valence electrons. The number of rotatable bonds is 7. The fourth-order valence-electron chi connectivity index (χ4n) is 3.57. The van der Waals surface area contributed by atoms with E-state index < -0.39 is 0 Å². The van der Waals surface area contributed by atoms with E-state index in [-0.39, 0.29) is 5.91 Å². The predicted octanol–water partition coefficient (Wildman–Crippen LogP) is 4.68. The fourth-order valence-corrected chi connectivity index (χ4v) is 4.47. The third-order valence-electron chi connectivity index (χ3n) is 5.18. The lowest BCUT2D eigenvalue weighted by Crippen LogP contribution is -2.37. The van der Waals surface area contributed by atoms with Crippen LogP contribution in [0.25, 0.3) is 0 Å². The summed E-state index contributed by atoms with van der Waals surface area (Å²) < 4.78 is 11.1. The van der Waals surface area contributed by atoms with Crippen LogP contribution in [0.5, 0.6) is 0 Å². The summed E-state index contributed by atoms with van der Waals surface area (Å²) in [6, 6.07) is 20.3. The van der Waals surface area contributed by atoms with Crippen molar-refractivity contribution in [2.75, 3.05) is 38.3 Å². The molecule has 30 heavy (non-hydrogen) atoms. The summed E-state index contributed by atoms with van der Waals surface area (Å²) >= 11 is 1.70. The minimum atomic E-state index is -0.0968. The Morgan fingerprint density at radius 2 is 1.73 bits per heavy atom. The molecule has 0 aliphatic carbocycles. The first-order valence-corrected chi connectivity index (χ1v) is 11.1. The van der Waals surface area contributed by atoms with Crippen LogP contribution in [0.1, 0.15) is 21.7 Å². The molecule has 0 spiro atoms. The first-order chi connectivity index (χ1) is 14.7. The number of para-hydroxylation sites is 1. The highest BCUT2D eigenvalue weighted by molar-refractivity contribution is 7.98. The van der Waals surface area contributed by atoms with E-state index in [4.69, 9.17) is 9.15 Å². The van der Waals surface area contributed by atoms with E-state index in [0.717, 1.165) is 37.4 Å². The zero-order valence-electron chi connectivity index (χ0n) is 17.1. The van der Waals surface area contributed by atoms with Gasteiger partial charge in [-0.15, -0.1) is 11.8 Å². The molecule has 3 aromatic rings. The topological polar surface area (TPSA) is 45.9 Å². The molecule has 2 aromatic carbocycles. The van der Waals surface area contributed by atoms with Crippen molar-refractivity contribution in [1.82, 2.24) is 4.90 Å². The molecule has 1 aromatic heterocycles. The lowest BCUT2D eigenvalue weighted by Gasteiger charge is -2.31. The minimum absolute atomic E-state index is 0.0968. The van der Waals surface area contributed by atoms with Gasteiger partial charge >= 0.3 is 0 Å². The summed E-state index contributed by atoms with van der Waals surface area (Å²) in [4.78, 5) is 18.3. The molecule has 1 aliphatic rings. The third kappa shape index (κ3) is 4.89. The highest BCUT2D eigenvalue weighted by Crippen LogP contribution is 2.27. The Morgan fingerprint density at radius 3 is 2.53 bits per heavy atom. The molecule has 0 atom stereocenters. The second kappa shape index (κ2) is 9.87. The van der Waals surface area contributed by atoms with Gasteiger partial charge in [-0.3, -0.25) is 4.79 Å².